The molecule has 5 nitrogen and oxygen atoms in total. The van der Waals surface area contributed by atoms with E-state index in [0.29, 0.717) is 22.3 Å². The highest BCUT2D eigenvalue weighted by molar-refractivity contribution is 9.10. The monoisotopic (exact) mass is 443 g/mol. The fraction of sp³-hybridized carbons (Fsp3) is 0.273. The Balaban J connectivity index is 2.15. The Kier molecular flexibility index (Phi) is 6.19. The Hall–Kier alpha value is -2.60. The van der Waals surface area contributed by atoms with Gasteiger partial charge in [-0.3, -0.25) is 9.59 Å². The molecule has 2 aromatic carbocycles. The van der Waals surface area contributed by atoms with Gasteiger partial charge in [0.25, 0.3) is 11.7 Å². The number of nitrogens with zero attached hydrogens (tertiary/aromatic N) is 1. The lowest BCUT2D eigenvalue weighted by Gasteiger charge is -2.25. The number of carbonyl (C=O) groups excluding carboxylic acids is 2. The van der Waals surface area contributed by atoms with Crippen molar-refractivity contribution < 1.29 is 19.4 Å². The van der Waals surface area contributed by atoms with E-state index in [0.717, 1.165) is 18.4 Å². The van der Waals surface area contributed by atoms with E-state index in [4.69, 9.17) is 4.74 Å². The molecule has 1 heterocycles. The van der Waals surface area contributed by atoms with Gasteiger partial charge in [-0.1, -0.05) is 43.7 Å². The number of ether oxygens (including phenoxy) is 1. The van der Waals surface area contributed by atoms with Gasteiger partial charge in [-0.25, -0.2) is 0 Å². The summed E-state index contributed by atoms with van der Waals surface area (Å²) in [6.07, 6.45) is 1.68. The molecule has 28 heavy (non-hydrogen) atoms. The van der Waals surface area contributed by atoms with E-state index in [2.05, 4.69) is 15.9 Å². The minimum absolute atomic E-state index is 0.115. The van der Waals surface area contributed by atoms with Gasteiger partial charge in [0, 0.05) is 12.1 Å². The maximum Gasteiger partial charge on any atom is 0.295 e. The quantitative estimate of drug-likeness (QED) is 0.399. The summed E-state index contributed by atoms with van der Waals surface area (Å²) in [5, 5.41) is 11.0. The number of carbonyl (C=O) groups is 2. The van der Waals surface area contributed by atoms with E-state index in [1.807, 2.05) is 37.3 Å². The molecule has 2 aromatic rings. The van der Waals surface area contributed by atoms with Crippen LogP contribution in [0.15, 0.2) is 58.6 Å². The van der Waals surface area contributed by atoms with Gasteiger partial charge in [0.1, 0.15) is 11.5 Å². The Bertz CT molecular complexity index is 923. The Morgan fingerprint density at radius 3 is 2.50 bits per heavy atom. The van der Waals surface area contributed by atoms with E-state index < -0.39 is 17.7 Å². The summed E-state index contributed by atoms with van der Waals surface area (Å²) in [4.78, 5) is 27.1. The molecule has 1 atom stereocenters. The molecule has 1 aliphatic rings. The first-order valence-corrected chi connectivity index (χ1v) is 9.96. The van der Waals surface area contributed by atoms with Crippen LogP contribution in [0.5, 0.6) is 5.75 Å². The van der Waals surface area contributed by atoms with Crippen LogP contribution in [0.25, 0.3) is 5.76 Å². The second-order valence-electron chi connectivity index (χ2n) is 6.61. The van der Waals surface area contributed by atoms with Gasteiger partial charge >= 0.3 is 0 Å². The van der Waals surface area contributed by atoms with Crippen LogP contribution in [0.2, 0.25) is 0 Å². The predicted octanol–water partition coefficient (Wildman–Crippen LogP) is 4.68. The molecule has 0 radical (unpaired) electrons. The van der Waals surface area contributed by atoms with Gasteiger partial charge in [-0.2, -0.15) is 0 Å². The number of hydrogen-bond acceptors (Lipinski definition) is 4. The second kappa shape index (κ2) is 8.61. The molecule has 1 amide bonds. The maximum absolute atomic E-state index is 12.8. The summed E-state index contributed by atoms with van der Waals surface area (Å²) >= 11 is 3.40. The van der Waals surface area contributed by atoms with Crippen molar-refractivity contribution in [3.05, 3.63) is 69.7 Å². The van der Waals surface area contributed by atoms with Crippen LogP contribution >= 0.6 is 15.9 Å². The Labute approximate surface area is 172 Å². The van der Waals surface area contributed by atoms with Crippen molar-refractivity contribution in [1.29, 1.82) is 0 Å². The minimum Gasteiger partial charge on any atom is -0.507 e. The van der Waals surface area contributed by atoms with Crippen LogP contribution in [0.1, 0.15) is 36.9 Å². The van der Waals surface area contributed by atoms with Crippen molar-refractivity contribution in [3.63, 3.8) is 0 Å². The van der Waals surface area contributed by atoms with Crippen molar-refractivity contribution in [2.45, 2.75) is 25.8 Å². The SMILES string of the molecule is CCCCN1C(=O)C(=O)/C(=C(\O)c2ccc(OC)c(Br)c2)C1c1ccccc1. The molecule has 0 aliphatic carbocycles. The third-order valence-corrected chi connectivity index (χ3v) is 5.45. The van der Waals surface area contributed by atoms with E-state index in [1.165, 1.54) is 0 Å². The standard InChI is InChI=1S/C22H22BrNO4/c1-3-4-12-24-19(14-8-6-5-7-9-14)18(21(26)22(24)27)20(25)15-10-11-17(28-2)16(23)13-15/h5-11,13,19,25H,3-4,12H2,1-2H3/b20-18-. The van der Waals surface area contributed by atoms with Crippen molar-refractivity contribution in [3.8, 4) is 5.75 Å². The summed E-state index contributed by atoms with van der Waals surface area (Å²) in [5.74, 6) is -0.806. The van der Waals surface area contributed by atoms with Crippen LogP contribution in [-0.4, -0.2) is 35.4 Å². The number of ketones is 1. The number of Topliss-reactive ketones (excluding diaryl/α,β-unsaturated/α-hetero) is 1. The fourth-order valence-electron chi connectivity index (χ4n) is 3.39. The minimum atomic E-state index is -0.658. The molecule has 1 aliphatic heterocycles. The van der Waals surface area contributed by atoms with Crippen molar-refractivity contribution in [2.75, 3.05) is 13.7 Å². The first-order chi connectivity index (χ1) is 13.5. The van der Waals surface area contributed by atoms with E-state index in [9.17, 15) is 14.7 Å². The molecule has 0 aromatic heterocycles. The summed E-state index contributed by atoms with van der Waals surface area (Å²) in [6.45, 7) is 2.49. The van der Waals surface area contributed by atoms with Crippen LogP contribution < -0.4 is 4.74 Å². The molecule has 146 valence electrons. The molecule has 6 heteroatoms. The smallest absolute Gasteiger partial charge is 0.295 e. The zero-order valence-electron chi connectivity index (χ0n) is 15.8. The lowest BCUT2D eigenvalue weighted by Crippen LogP contribution is -2.30. The molecule has 0 saturated carbocycles. The molecule has 0 spiro atoms. The topological polar surface area (TPSA) is 66.8 Å². The van der Waals surface area contributed by atoms with Gasteiger partial charge in [-0.15, -0.1) is 0 Å². The highest BCUT2D eigenvalue weighted by atomic mass is 79.9. The van der Waals surface area contributed by atoms with E-state index in [1.54, 1.807) is 30.2 Å². The molecule has 1 fully saturated rings. The van der Waals surface area contributed by atoms with Gasteiger partial charge in [0.2, 0.25) is 0 Å². The summed E-state index contributed by atoms with van der Waals surface area (Å²) in [6, 6.07) is 13.8. The van der Waals surface area contributed by atoms with E-state index in [-0.39, 0.29) is 11.3 Å². The molecule has 1 N–H and O–H groups in total. The van der Waals surface area contributed by atoms with E-state index >= 15 is 0 Å². The van der Waals surface area contributed by atoms with Crippen molar-refractivity contribution in [1.82, 2.24) is 4.90 Å². The Morgan fingerprint density at radius 1 is 1.18 bits per heavy atom. The molecule has 0 bridgehead atoms. The summed E-state index contributed by atoms with van der Waals surface area (Å²) < 4.78 is 5.87. The van der Waals surface area contributed by atoms with Crippen LogP contribution in [0.4, 0.5) is 0 Å². The Morgan fingerprint density at radius 2 is 1.89 bits per heavy atom. The summed E-state index contributed by atoms with van der Waals surface area (Å²) in [7, 11) is 1.55. The molecular formula is C22H22BrNO4. The third kappa shape index (κ3) is 3.69. The van der Waals surface area contributed by atoms with Crippen molar-refractivity contribution in [2.24, 2.45) is 0 Å². The highest BCUT2D eigenvalue weighted by Gasteiger charge is 2.45. The maximum atomic E-state index is 12.8. The lowest BCUT2D eigenvalue weighted by molar-refractivity contribution is -0.139. The molecular weight excluding hydrogens is 422 g/mol. The number of likely N-dealkylation sites (tertiary alicyclic amines) is 1. The number of halogens is 1. The number of hydrogen-bond donors (Lipinski definition) is 1. The largest absolute Gasteiger partial charge is 0.507 e. The number of aliphatic hydroxyl groups excluding tert-OH is 1. The molecule has 3 rings (SSSR count). The van der Waals surface area contributed by atoms with Crippen LogP contribution in [-0.2, 0) is 9.59 Å². The molecule has 1 unspecified atom stereocenters. The first kappa shape index (κ1) is 20.1. The number of unbranched alkanes of at least 4 members (excludes halogenated alkanes) is 1. The highest BCUT2D eigenvalue weighted by Crippen LogP contribution is 2.40. The zero-order chi connectivity index (χ0) is 20.3. The normalized spacial score (nSPS) is 18.5. The first-order valence-electron chi connectivity index (χ1n) is 9.16. The van der Waals surface area contributed by atoms with Crippen LogP contribution in [0.3, 0.4) is 0 Å². The second-order valence-corrected chi connectivity index (χ2v) is 7.46. The van der Waals surface area contributed by atoms with Gasteiger partial charge in [0.05, 0.1) is 23.2 Å². The lowest BCUT2D eigenvalue weighted by atomic mass is 9.95. The van der Waals surface area contributed by atoms with Crippen LogP contribution in [0, 0.1) is 0 Å². The average Bonchev–Trinajstić information content (AvgIpc) is 2.97. The predicted molar refractivity (Wildman–Crippen MR) is 111 cm³/mol. The number of benzene rings is 2. The number of amides is 1. The number of rotatable bonds is 6. The van der Waals surface area contributed by atoms with Gasteiger partial charge in [0.15, 0.2) is 0 Å². The summed E-state index contributed by atoms with van der Waals surface area (Å²) in [5.41, 5.74) is 1.36. The zero-order valence-corrected chi connectivity index (χ0v) is 17.4. The number of aliphatic hydroxyl groups is 1. The molecule has 1 saturated heterocycles. The average molecular weight is 444 g/mol. The van der Waals surface area contributed by atoms with Gasteiger partial charge < -0.3 is 14.7 Å². The van der Waals surface area contributed by atoms with Crippen molar-refractivity contribution >= 4 is 33.4 Å². The third-order valence-electron chi connectivity index (χ3n) is 4.83. The number of methoxy groups -OCH3 is 1. The van der Waals surface area contributed by atoms with Gasteiger partial charge in [-0.05, 0) is 46.1 Å². The fourth-order valence-corrected chi connectivity index (χ4v) is 3.93.